The lowest BCUT2D eigenvalue weighted by atomic mass is 10.3. The molecule has 1 aromatic heterocycles. The second kappa shape index (κ2) is 4.41. The lowest BCUT2D eigenvalue weighted by Crippen LogP contribution is -2.31. The highest BCUT2D eigenvalue weighted by atomic mass is 32.2. The van der Waals surface area contributed by atoms with Crippen LogP contribution in [0.5, 0.6) is 0 Å². The minimum Gasteiger partial charge on any atom is -0.360 e. The number of H-pyrrole nitrogens is 1. The van der Waals surface area contributed by atoms with Gasteiger partial charge < -0.3 is 8.86 Å². The molecule has 4 nitrogen and oxygen atoms in total. The molecule has 18 heavy (non-hydrogen) atoms. The Labute approximate surface area is 103 Å². The van der Waals surface area contributed by atoms with Crippen LogP contribution in [0.3, 0.4) is 0 Å². The molecule has 0 saturated heterocycles. The molecular formula is C9H6F3NO3SSi. The first-order chi connectivity index (χ1) is 8.29. The molecule has 0 amide bonds. The molecular weight excluding hydrogens is 287 g/mol. The van der Waals surface area contributed by atoms with E-state index in [1.54, 1.807) is 30.3 Å². The van der Waals surface area contributed by atoms with E-state index in [9.17, 15) is 21.6 Å². The zero-order valence-electron chi connectivity index (χ0n) is 8.65. The third kappa shape index (κ3) is 2.57. The van der Waals surface area contributed by atoms with Crippen LogP contribution in [0.15, 0.2) is 30.3 Å². The molecule has 0 fully saturated rings. The fraction of sp³-hybridized carbons (Fsp3) is 0.111. The lowest BCUT2D eigenvalue weighted by Gasteiger charge is -2.06. The van der Waals surface area contributed by atoms with Gasteiger partial charge in [-0.2, -0.15) is 21.6 Å². The van der Waals surface area contributed by atoms with Crippen molar-refractivity contribution >= 4 is 36.1 Å². The van der Waals surface area contributed by atoms with Gasteiger partial charge in [-0.25, -0.2) is 0 Å². The number of hydrogen-bond donors (Lipinski definition) is 1. The summed E-state index contributed by atoms with van der Waals surface area (Å²) in [4.78, 5) is 2.78. The number of para-hydroxylation sites is 1. The molecule has 0 aliphatic rings. The van der Waals surface area contributed by atoms with E-state index in [4.69, 9.17) is 0 Å². The zero-order valence-corrected chi connectivity index (χ0v) is 10.5. The highest BCUT2D eigenvalue weighted by molar-refractivity contribution is 7.88. The summed E-state index contributed by atoms with van der Waals surface area (Å²) in [5, 5.41) is 1.05. The van der Waals surface area contributed by atoms with Crippen molar-refractivity contribution in [1.29, 1.82) is 0 Å². The molecule has 0 saturated carbocycles. The highest BCUT2D eigenvalue weighted by Gasteiger charge is 2.47. The van der Waals surface area contributed by atoms with E-state index >= 15 is 0 Å². The van der Waals surface area contributed by atoms with Gasteiger partial charge in [-0.15, -0.1) is 0 Å². The van der Waals surface area contributed by atoms with Gasteiger partial charge in [-0.1, -0.05) is 18.2 Å². The van der Waals surface area contributed by atoms with Crippen LogP contribution in [0.4, 0.5) is 13.2 Å². The van der Waals surface area contributed by atoms with Crippen LogP contribution in [0, 0.1) is 0 Å². The van der Waals surface area contributed by atoms with Gasteiger partial charge >= 0.3 is 25.4 Å². The normalized spacial score (nSPS) is 13.1. The van der Waals surface area contributed by atoms with E-state index in [1.165, 1.54) is 0 Å². The molecule has 2 aromatic rings. The minimum atomic E-state index is -5.54. The van der Waals surface area contributed by atoms with E-state index in [-0.39, 0.29) is 5.32 Å². The molecule has 2 radical (unpaired) electrons. The lowest BCUT2D eigenvalue weighted by molar-refractivity contribution is -0.0498. The Hall–Kier alpha value is -1.32. The van der Waals surface area contributed by atoms with E-state index in [2.05, 4.69) is 8.86 Å². The smallest absolute Gasteiger partial charge is 0.360 e. The van der Waals surface area contributed by atoms with Crippen LogP contribution in [0.1, 0.15) is 0 Å². The SMILES string of the molecule is O=S(=O)(O[Si]c1cc2ccccc2[nH]1)C(F)(F)F. The van der Waals surface area contributed by atoms with Gasteiger partial charge in [0.1, 0.15) is 0 Å². The van der Waals surface area contributed by atoms with E-state index in [0.29, 0.717) is 5.52 Å². The fourth-order valence-electron chi connectivity index (χ4n) is 1.28. The van der Waals surface area contributed by atoms with Crippen molar-refractivity contribution in [2.45, 2.75) is 5.51 Å². The van der Waals surface area contributed by atoms with Crippen molar-refractivity contribution in [2.75, 3.05) is 0 Å². The van der Waals surface area contributed by atoms with Crippen LogP contribution in [-0.2, 0) is 14.0 Å². The number of aromatic amines is 1. The van der Waals surface area contributed by atoms with Crippen molar-refractivity contribution in [3.63, 3.8) is 0 Å². The van der Waals surface area contributed by atoms with E-state index < -0.39 is 25.4 Å². The Morgan fingerprint density at radius 2 is 1.89 bits per heavy atom. The summed E-state index contributed by atoms with van der Waals surface area (Å²) in [5.74, 6) is 0. The summed E-state index contributed by atoms with van der Waals surface area (Å²) in [6.45, 7) is 0. The standard InChI is InChI=1S/C9H6F3NO3SSi/c10-9(11,12)17(14,15)16-18-8-5-6-3-1-2-4-7(6)13-8/h1-5,13H. The third-order valence-electron chi connectivity index (χ3n) is 2.07. The molecule has 0 spiro atoms. The molecule has 1 heterocycles. The molecule has 0 bridgehead atoms. The maximum Gasteiger partial charge on any atom is 0.522 e. The number of benzene rings is 1. The Morgan fingerprint density at radius 1 is 1.22 bits per heavy atom. The predicted octanol–water partition coefficient (Wildman–Crippen LogP) is 1.28. The topological polar surface area (TPSA) is 59.2 Å². The van der Waals surface area contributed by atoms with Gasteiger partial charge in [0.15, 0.2) is 0 Å². The quantitative estimate of drug-likeness (QED) is 0.685. The van der Waals surface area contributed by atoms with E-state index in [0.717, 1.165) is 5.39 Å². The number of aromatic nitrogens is 1. The molecule has 1 N–H and O–H groups in total. The molecule has 1 aromatic carbocycles. The molecule has 9 heteroatoms. The van der Waals surface area contributed by atoms with Crippen molar-refractivity contribution in [2.24, 2.45) is 0 Å². The number of halogens is 3. The summed E-state index contributed by atoms with van der Waals surface area (Å²) in [7, 11) is -6.49. The van der Waals surface area contributed by atoms with Crippen LogP contribution in [-0.4, -0.2) is 28.7 Å². The number of rotatable bonds is 3. The summed E-state index contributed by atoms with van der Waals surface area (Å²) < 4.78 is 61.4. The summed E-state index contributed by atoms with van der Waals surface area (Å²) >= 11 is 0. The maximum absolute atomic E-state index is 12.0. The predicted molar refractivity (Wildman–Crippen MR) is 59.7 cm³/mol. The average Bonchev–Trinajstić information content (AvgIpc) is 2.67. The van der Waals surface area contributed by atoms with Gasteiger partial charge in [-0.3, -0.25) is 0 Å². The second-order valence-corrected chi connectivity index (χ2v) is 6.14. The average molecular weight is 293 g/mol. The van der Waals surface area contributed by atoms with Crippen molar-refractivity contribution in [3.05, 3.63) is 30.3 Å². The Balaban J connectivity index is 2.16. The second-order valence-electron chi connectivity index (χ2n) is 3.36. The van der Waals surface area contributed by atoms with Gasteiger partial charge in [0.2, 0.25) is 0 Å². The molecule has 0 aliphatic carbocycles. The first kappa shape index (κ1) is 13.1. The van der Waals surface area contributed by atoms with Crippen molar-refractivity contribution < 1.29 is 25.5 Å². The number of alkyl halides is 3. The largest absolute Gasteiger partial charge is 0.522 e. The van der Waals surface area contributed by atoms with Crippen LogP contribution < -0.4 is 5.32 Å². The fourth-order valence-corrected chi connectivity index (χ4v) is 2.85. The summed E-state index contributed by atoms with van der Waals surface area (Å²) in [5.41, 5.74) is -4.69. The Bertz CT molecular complexity index is 632. The molecule has 0 atom stereocenters. The van der Waals surface area contributed by atoms with Gasteiger partial charge in [0.05, 0.1) is 0 Å². The van der Waals surface area contributed by atoms with Crippen molar-refractivity contribution in [3.8, 4) is 0 Å². The molecule has 0 unspecified atom stereocenters. The molecule has 0 aliphatic heterocycles. The summed E-state index contributed by atoms with van der Waals surface area (Å²) in [6, 6.07) is 8.52. The van der Waals surface area contributed by atoms with Crippen LogP contribution in [0.2, 0.25) is 0 Å². The number of hydrogen-bond acceptors (Lipinski definition) is 3. The minimum absolute atomic E-state index is 0.282. The Kier molecular flexibility index (Phi) is 3.21. The Morgan fingerprint density at radius 3 is 2.50 bits per heavy atom. The number of fused-ring (bicyclic) bond motifs is 1. The first-order valence-corrected chi connectivity index (χ1v) is 6.95. The highest BCUT2D eigenvalue weighted by Crippen LogP contribution is 2.24. The van der Waals surface area contributed by atoms with Gasteiger partial charge in [0.25, 0.3) is 0 Å². The molecule has 96 valence electrons. The van der Waals surface area contributed by atoms with Gasteiger partial charge in [0, 0.05) is 10.8 Å². The monoisotopic (exact) mass is 293 g/mol. The number of nitrogens with one attached hydrogen (secondary N) is 1. The third-order valence-corrected chi connectivity index (χ3v) is 4.34. The van der Waals surface area contributed by atoms with Crippen molar-refractivity contribution in [1.82, 2.24) is 4.98 Å². The van der Waals surface area contributed by atoms with Crippen LogP contribution >= 0.6 is 0 Å². The summed E-state index contributed by atoms with van der Waals surface area (Å²) in [6.07, 6.45) is 0. The zero-order chi connectivity index (χ0) is 13.4. The first-order valence-electron chi connectivity index (χ1n) is 4.63. The van der Waals surface area contributed by atoms with Gasteiger partial charge in [-0.05, 0) is 17.5 Å². The molecule has 2 rings (SSSR count). The van der Waals surface area contributed by atoms with Crippen LogP contribution in [0.25, 0.3) is 10.9 Å². The van der Waals surface area contributed by atoms with E-state index in [1.807, 2.05) is 0 Å². The maximum atomic E-state index is 12.0.